The van der Waals surface area contributed by atoms with Crippen molar-refractivity contribution in [3.8, 4) is 0 Å². The predicted molar refractivity (Wildman–Crippen MR) is 281 cm³/mol. The fourth-order valence-corrected chi connectivity index (χ4v) is 8.46. The summed E-state index contributed by atoms with van der Waals surface area (Å²) in [6.07, 6.45) is 59.2. The van der Waals surface area contributed by atoms with Crippen molar-refractivity contribution in [2.75, 3.05) is 13.2 Å². The van der Waals surface area contributed by atoms with E-state index in [2.05, 4.69) is 92.1 Å². The Balaban J connectivity index is 1.90. The number of carbonyl (C=O) groups is 1. The lowest BCUT2D eigenvalue weighted by atomic mass is 9.99. The first-order valence-electron chi connectivity index (χ1n) is 27.6. The molecule has 7 atom stereocenters. The van der Waals surface area contributed by atoms with Crippen LogP contribution in [-0.2, 0) is 14.3 Å². The van der Waals surface area contributed by atoms with Crippen molar-refractivity contribution in [2.24, 2.45) is 0 Å². The summed E-state index contributed by atoms with van der Waals surface area (Å²) in [7, 11) is 0. The molecular weight excluding hydrogens is 839 g/mol. The van der Waals surface area contributed by atoms with Gasteiger partial charge in [0.1, 0.15) is 24.4 Å². The second kappa shape index (κ2) is 47.3. The van der Waals surface area contributed by atoms with E-state index in [0.717, 1.165) is 77.0 Å². The molecule has 9 heteroatoms. The van der Waals surface area contributed by atoms with Crippen molar-refractivity contribution in [1.82, 2.24) is 5.32 Å². The molecule has 388 valence electrons. The molecule has 1 rings (SSSR count). The number of nitrogens with one attached hydrogen (secondary N) is 1. The Morgan fingerprint density at radius 3 is 1.34 bits per heavy atom. The highest BCUT2D eigenvalue weighted by Gasteiger charge is 2.44. The minimum absolute atomic E-state index is 0.142. The number of hydrogen-bond donors (Lipinski definition) is 6. The molecule has 0 saturated carbocycles. The van der Waals surface area contributed by atoms with E-state index in [1.807, 2.05) is 0 Å². The van der Waals surface area contributed by atoms with Crippen molar-refractivity contribution < 1.29 is 39.8 Å². The van der Waals surface area contributed by atoms with Crippen molar-refractivity contribution in [3.63, 3.8) is 0 Å². The molecule has 0 aliphatic carbocycles. The topological polar surface area (TPSA) is 149 Å². The van der Waals surface area contributed by atoms with Crippen molar-refractivity contribution in [1.29, 1.82) is 0 Å². The van der Waals surface area contributed by atoms with Gasteiger partial charge >= 0.3 is 0 Å². The van der Waals surface area contributed by atoms with E-state index >= 15 is 0 Å². The average molecular weight is 942 g/mol. The fraction of sp³-hybridized carbons (Fsp3) is 0.776. The van der Waals surface area contributed by atoms with Gasteiger partial charge in [0.2, 0.25) is 5.91 Å². The van der Waals surface area contributed by atoms with E-state index in [1.165, 1.54) is 128 Å². The molecule has 0 bridgehead atoms. The highest BCUT2D eigenvalue weighted by Crippen LogP contribution is 2.23. The Labute approximate surface area is 410 Å². The zero-order valence-electron chi connectivity index (χ0n) is 42.9. The van der Waals surface area contributed by atoms with Crippen LogP contribution in [0.3, 0.4) is 0 Å². The molecule has 7 unspecified atom stereocenters. The van der Waals surface area contributed by atoms with Crippen LogP contribution in [0.5, 0.6) is 0 Å². The number of aliphatic hydroxyl groups is 5. The second-order valence-electron chi connectivity index (χ2n) is 19.0. The predicted octanol–water partition coefficient (Wildman–Crippen LogP) is 13.3. The van der Waals surface area contributed by atoms with Gasteiger partial charge in [0.25, 0.3) is 0 Å². The number of carbonyl (C=O) groups excluding carboxylic acids is 1. The van der Waals surface area contributed by atoms with Gasteiger partial charge in [0.05, 0.1) is 25.4 Å². The third-order valence-electron chi connectivity index (χ3n) is 12.8. The van der Waals surface area contributed by atoms with Gasteiger partial charge in [0.15, 0.2) is 6.29 Å². The van der Waals surface area contributed by atoms with Gasteiger partial charge in [-0.1, -0.05) is 234 Å². The van der Waals surface area contributed by atoms with Gasteiger partial charge in [0, 0.05) is 6.42 Å². The van der Waals surface area contributed by atoms with Gasteiger partial charge in [-0.15, -0.1) is 0 Å². The molecule has 1 aliphatic rings. The molecule has 1 aliphatic heterocycles. The number of allylic oxidation sites excluding steroid dienone is 12. The Hall–Kier alpha value is -2.37. The molecule has 0 radical (unpaired) electrons. The number of unbranched alkanes of at least 4 members (excludes halogenated alkanes) is 24. The van der Waals surface area contributed by atoms with Crippen molar-refractivity contribution in [3.05, 3.63) is 72.9 Å². The van der Waals surface area contributed by atoms with Crippen LogP contribution in [0.25, 0.3) is 0 Å². The third kappa shape index (κ3) is 37.2. The summed E-state index contributed by atoms with van der Waals surface area (Å²) in [6.45, 7) is 3.55. The molecule has 0 aromatic heterocycles. The minimum atomic E-state index is -1.55. The summed E-state index contributed by atoms with van der Waals surface area (Å²) in [5.41, 5.74) is 0. The van der Waals surface area contributed by atoms with Gasteiger partial charge in [-0.2, -0.15) is 0 Å². The van der Waals surface area contributed by atoms with E-state index in [4.69, 9.17) is 9.47 Å². The first kappa shape index (κ1) is 62.6. The van der Waals surface area contributed by atoms with Gasteiger partial charge in [-0.05, 0) is 64.2 Å². The van der Waals surface area contributed by atoms with Crippen LogP contribution in [0.15, 0.2) is 72.9 Å². The number of hydrogen-bond acceptors (Lipinski definition) is 8. The summed E-state index contributed by atoms with van der Waals surface area (Å²) in [5, 5.41) is 53.7. The number of amides is 1. The van der Waals surface area contributed by atoms with E-state index in [9.17, 15) is 30.3 Å². The SMILES string of the molecule is CC/C=C\C/C=C\C/C=C\C/C=C\C/C=C\C/C=C\CCCCCCCCCCCCCCCCCCCCCCCCC(=O)NC(COC1OC(CO)C(O)C(O)C1O)C(O)CCCCC. The first-order valence-corrected chi connectivity index (χ1v) is 27.6. The first-order chi connectivity index (χ1) is 32.8. The molecule has 1 amide bonds. The highest BCUT2D eigenvalue weighted by molar-refractivity contribution is 5.76. The molecular formula is C58H103NO8. The van der Waals surface area contributed by atoms with Crippen LogP contribution in [0.2, 0.25) is 0 Å². The van der Waals surface area contributed by atoms with E-state index in [0.29, 0.717) is 12.8 Å². The lowest BCUT2D eigenvalue weighted by molar-refractivity contribution is -0.302. The zero-order valence-corrected chi connectivity index (χ0v) is 42.9. The van der Waals surface area contributed by atoms with E-state index < -0.39 is 49.5 Å². The molecule has 0 spiro atoms. The third-order valence-corrected chi connectivity index (χ3v) is 12.8. The summed E-state index contributed by atoms with van der Waals surface area (Å²) in [4.78, 5) is 12.8. The molecule has 1 fully saturated rings. The van der Waals surface area contributed by atoms with E-state index in [-0.39, 0.29) is 12.5 Å². The summed E-state index contributed by atoms with van der Waals surface area (Å²) in [6, 6.07) is -0.714. The molecule has 9 nitrogen and oxygen atoms in total. The zero-order chi connectivity index (χ0) is 48.7. The maximum Gasteiger partial charge on any atom is 0.220 e. The van der Waals surface area contributed by atoms with Crippen molar-refractivity contribution in [2.45, 2.75) is 275 Å². The van der Waals surface area contributed by atoms with Crippen LogP contribution in [0.4, 0.5) is 0 Å². The monoisotopic (exact) mass is 942 g/mol. The Morgan fingerprint density at radius 1 is 0.522 bits per heavy atom. The van der Waals surface area contributed by atoms with Gasteiger partial charge < -0.3 is 40.3 Å². The standard InChI is InChI=1S/C58H103NO8/c1-3-5-7-8-9-10-11-12-13-14-15-16-17-18-19-20-21-22-23-24-25-26-27-28-29-30-31-32-33-34-35-36-37-38-39-40-41-42-43-44-46-48-54(62)59-51(52(61)47-45-6-4-2)50-66-58-57(65)56(64)55(63)53(49-60)67-58/h5,7,9-10,12-13,15-16,18-19,21-22,51-53,55-58,60-61,63-65H,3-4,6,8,11,14,17,20,23-50H2,1-2H3,(H,59,62)/b7-5-,10-9-,13-12-,16-15-,19-18-,22-21-. The lowest BCUT2D eigenvalue weighted by Gasteiger charge is -2.40. The van der Waals surface area contributed by atoms with Crippen LogP contribution in [-0.4, -0.2) is 87.5 Å². The maximum absolute atomic E-state index is 12.8. The van der Waals surface area contributed by atoms with Crippen LogP contribution in [0.1, 0.15) is 232 Å². The van der Waals surface area contributed by atoms with Gasteiger partial charge in [-0.3, -0.25) is 4.79 Å². The van der Waals surface area contributed by atoms with Crippen LogP contribution >= 0.6 is 0 Å². The minimum Gasteiger partial charge on any atom is -0.394 e. The maximum atomic E-state index is 12.8. The largest absolute Gasteiger partial charge is 0.394 e. The smallest absolute Gasteiger partial charge is 0.220 e. The lowest BCUT2D eigenvalue weighted by Crippen LogP contribution is -2.60. The highest BCUT2D eigenvalue weighted by atomic mass is 16.7. The van der Waals surface area contributed by atoms with Crippen LogP contribution in [0, 0.1) is 0 Å². The van der Waals surface area contributed by atoms with E-state index in [1.54, 1.807) is 0 Å². The average Bonchev–Trinajstić information content (AvgIpc) is 3.33. The molecule has 0 aromatic carbocycles. The number of aliphatic hydroxyl groups excluding tert-OH is 5. The number of rotatable bonds is 46. The summed E-state index contributed by atoms with van der Waals surface area (Å²) < 4.78 is 11.1. The molecule has 0 aromatic rings. The quantitative estimate of drug-likeness (QED) is 0.0261. The summed E-state index contributed by atoms with van der Waals surface area (Å²) >= 11 is 0. The second-order valence-corrected chi connectivity index (χ2v) is 19.0. The Kier molecular flexibility index (Phi) is 44.2. The van der Waals surface area contributed by atoms with Gasteiger partial charge in [-0.25, -0.2) is 0 Å². The fourth-order valence-electron chi connectivity index (χ4n) is 8.46. The van der Waals surface area contributed by atoms with Crippen LogP contribution < -0.4 is 5.32 Å². The summed E-state index contributed by atoms with van der Waals surface area (Å²) in [5.74, 6) is -0.155. The molecule has 1 saturated heterocycles. The molecule has 67 heavy (non-hydrogen) atoms. The molecule has 1 heterocycles. The normalized spacial score (nSPS) is 20.3. The Morgan fingerprint density at radius 2 is 0.925 bits per heavy atom. The number of ether oxygens (including phenoxy) is 2. The Bertz CT molecular complexity index is 1280. The molecule has 6 N–H and O–H groups in total. The van der Waals surface area contributed by atoms with Crippen molar-refractivity contribution >= 4 is 5.91 Å².